The quantitative estimate of drug-likeness (QED) is 0.801. The zero-order valence-electron chi connectivity index (χ0n) is 12.7. The third-order valence-corrected chi connectivity index (χ3v) is 4.95. The maximum absolute atomic E-state index is 12.5. The zero-order chi connectivity index (χ0) is 15.5. The summed E-state index contributed by atoms with van der Waals surface area (Å²) in [6.45, 7) is 4.39. The fourth-order valence-electron chi connectivity index (χ4n) is 2.74. The standard InChI is InChI=1S/C17H20N2O2S/c1-13-5-7-14(8-6-13)11-15-16(20)19(17(21)22-15)12-18-9-3-2-4-10-18/h5-8,11H,2-4,9-10,12H2,1H3. The number of hydrogen-bond acceptors (Lipinski definition) is 4. The van der Waals surface area contributed by atoms with Gasteiger partial charge in [0.1, 0.15) is 0 Å². The highest BCUT2D eigenvalue weighted by atomic mass is 32.2. The Bertz CT molecular complexity index is 604. The Morgan fingerprint density at radius 3 is 2.45 bits per heavy atom. The summed E-state index contributed by atoms with van der Waals surface area (Å²) in [5.74, 6) is -0.166. The van der Waals surface area contributed by atoms with Crippen LogP contribution in [0.4, 0.5) is 4.79 Å². The van der Waals surface area contributed by atoms with Crippen LogP contribution in [0.3, 0.4) is 0 Å². The summed E-state index contributed by atoms with van der Waals surface area (Å²) >= 11 is 1.04. The first-order valence-electron chi connectivity index (χ1n) is 7.68. The molecule has 1 aromatic rings. The Kier molecular flexibility index (Phi) is 4.64. The fraction of sp³-hybridized carbons (Fsp3) is 0.412. The summed E-state index contributed by atoms with van der Waals surface area (Å²) in [6, 6.07) is 7.94. The molecule has 0 radical (unpaired) electrons. The summed E-state index contributed by atoms with van der Waals surface area (Å²) in [7, 11) is 0. The number of amides is 2. The van der Waals surface area contributed by atoms with Crippen LogP contribution in [0.15, 0.2) is 29.2 Å². The van der Waals surface area contributed by atoms with Gasteiger partial charge in [0, 0.05) is 0 Å². The molecule has 5 heteroatoms. The molecule has 0 unspecified atom stereocenters. The molecule has 2 aliphatic rings. The summed E-state index contributed by atoms with van der Waals surface area (Å²) < 4.78 is 0. The van der Waals surface area contributed by atoms with Gasteiger partial charge < -0.3 is 0 Å². The SMILES string of the molecule is Cc1ccc(C=C2SC(=O)N(CN3CCCCC3)C2=O)cc1. The van der Waals surface area contributed by atoms with E-state index >= 15 is 0 Å². The molecule has 2 heterocycles. The van der Waals surface area contributed by atoms with Crippen molar-refractivity contribution in [3.63, 3.8) is 0 Å². The van der Waals surface area contributed by atoms with Gasteiger partial charge in [0.25, 0.3) is 11.1 Å². The number of aryl methyl sites for hydroxylation is 1. The Balaban J connectivity index is 1.71. The minimum Gasteiger partial charge on any atom is -0.286 e. The van der Waals surface area contributed by atoms with Gasteiger partial charge in [-0.2, -0.15) is 0 Å². The number of rotatable bonds is 3. The van der Waals surface area contributed by atoms with Crippen molar-refractivity contribution in [3.05, 3.63) is 40.3 Å². The van der Waals surface area contributed by atoms with E-state index < -0.39 is 0 Å². The average Bonchev–Trinajstić information content (AvgIpc) is 2.78. The second-order valence-corrected chi connectivity index (χ2v) is 6.83. The number of carbonyl (C=O) groups is 2. The maximum atomic E-state index is 12.5. The van der Waals surface area contributed by atoms with Gasteiger partial charge in [-0.05, 0) is 56.3 Å². The number of likely N-dealkylation sites (tertiary alicyclic amines) is 1. The van der Waals surface area contributed by atoms with E-state index in [2.05, 4.69) is 4.90 Å². The van der Waals surface area contributed by atoms with Crippen LogP contribution >= 0.6 is 11.8 Å². The molecule has 2 saturated heterocycles. The van der Waals surface area contributed by atoms with Crippen molar-refractivity contribution in [1.82, 2.24) is 9.80 Å². The second-order valence-electron chi connectivity index (χ2n) is 5.84. The van der Waals surface area contributed by atoms with Crippen molar-refractivity contribution < 1.29 is 9.59 Å². The summed E-state index contributed by atoms with van der Waals surface area (Å²) in [4.78, 5) is 28.6. The van der Waals surface area contributed by atoms with Gasteiger partial charge in [-0.3, -0.25) is 19.4 Å². The topological polar surface area (TPSA) is 40.6 Å². The number of nitrogens with zero attached hydrogens (tertiary/aromatic N) is 2. The highest BCUT2D eigenvalue weighted by Crippen LogP contribution is 2.32. The number of benzene rings is 1. The van der Waals surface area contributed by atoms with E-state index in [9.17, 15) is 9.59 Å². The molecule has 1 aromatic carbocycles. The van der Waals surface area contributed by atoms with Crippen LogP contribution in [0.1, 0.15) is 30.4 Å². The second kappa shape index (κ2) is 6.67. The molecule has 2 fully saturated rings. The van der Waals surface area contributed by atoms with Gasteiger partial charge >= 0.3 is 0 Å². The Morgan fingerprint density at radius 1 is 1.09 bits per heavy atom. The molecule has 22 heavy (non-hydrogen) atoms. The predicted octanol–water partition coefficient (Wildman–Crippen LogP) is 3.47. The largest absolute Gasteiger partial charge is 0.294 e. The molecular formula is C17H20N2O2S. The minimum absolute atomic E-state index is 0.158. The van der Waals surface area contributed by atoms with Crippen LogP contribution < -0.4 is 0 Å². The lowest BCUT2D eigenvalue weighted by Crippen LogP contribution is -2.42. The van der Waals surface area contributed by atoms with Crippen molar-refractivity contribution in [2.75, 3.05) is 19.8 Å². The molecule has 0 N–H and O–H groups in total. The maximum Gasteiger partial charge on any atom is 0.294 e. The summed E-state index contributed by atoms with van der Waals surface area (Å²) in [5.41, 5.74) is 2.13. The van der Waals surface area contributed by atoms with E-state index in [0.717, 1.165) is 43.3 Å². The molecule has 0 aliphatic carbocycles. The monoisotopic (exact) mass is 316 g/mol. The Labute approximate surface area is 135 Å². The van der Waals surface area contributed by atoms with Crippen molar-refractivity contribution in [2.24, 2.45) is 0 Å². The van der Waals surface area contributed by atoms with Crippen LogP contribution in [0, 0.1) is 6.92 Å². The highest BCUT2D eigenvalue weighted by molar-refractivity contribution is 8.18. The van der Waals surface area contributed by atoms with Crippen LogP contribution in [-0.4, -0.2) is 40.7 Å². The first-order valence-corrected chi connectivity index (χ1v) is 8.49. The first kappa shape index (κ1) is 15.3. The van der Waals surface area contributed by atoms with Gasteiger partial charge in [0.2, 0.25) is 0 Å². The number of carbonyl (C=O) groups excluding carboxylic acids is 2. The Morgan fingerprint density at radius 2 is 1.77 bits per heavy atom. The van der Waals surface area contributed by atoms with Gasteiger partial charge in [-0.1, -0.05) is 36.2 Å². The molecule has 0 atom stereocenters. The highest BCUT2D eigenvalue weighted by Gasteiger charge is 2.36. The molecule has 0 spiro atoms. The molecule has 0 saturated carbocycles. The number of piperidine rings is 1. The smallest absolute Gasteiger partial charge is 0.286 e. The van der Waals surface area contributed by atoms with Crippen LogP contribution in [0.25, 0.3) is 6.08 Å². The third-order valence-electron chi connectivity index (χ3n) is 4.04. The van der Waals surface area contributed by atoms with E-state index in [0.29, 0.717) is 11.6 Å². The van der Waals surface area contributed by atoms with E-state index in [4.69, 9.17) is 0 Å². The van der Waals surface area contributed by atoms with Crippen LogP contribution in [-0.2, 0) is 4.79 Å². The molecule has 2 amide bonds. The van der Waals surface area contributed by atoms with Gasteiger partial charge in [-0.25, -0.2) is 0 Å². The van der Waals surface area contributed by atoms with Crippen molar-refractivity contribution in [1.29, 1.82) is 0 Å². The van der Waals surface area contributed by atoms with Crippen molar-refractivity contribution in [2.45, 2.75) is 26.2 Å². The average molecular weight is 316 g/mol. The molecule has 2 aliphatic heterocycles. The van der Waals surface area contributed by atoms with E-state index in [-0.39, 0.29) is 11.1 Å². The number of imide groups is 1. The fourth-order valence-corrected chi connectivity index (χ4v) is 3.57. The predicted molar refractivity (Wildman–Crippen MR) is 89.3 cm³/mol. The summed E-state index contributed by atoms with van der Waals surface area (Å²) in [5, 5.41) is -0.158. The minimum atomic E-state index is -0.166. The lowest BCUT2D eigenvalue weighted by molar-refractivity contribution is -0.124. The number of thioether (sulfide) groups is 1. The lowest BCUT2D eigenvalue weighted by Gasteiger charge is -2.29. The van der Waals surface area contributed by atoms with Gasteiger partial charge in [0.15, 0.2) is 0 Å². The summed E-state index contributed by atoms with van der Waals surface area (Å²) in [6.07, 6.45) is 5.34. The van der Waals surface area contributed by atoms with Crippen molar-refractivity contribution in [3.8, 4) is 0 Å². The molecule has 4 nitrogen and oxygen atoms in total. The molecular weight excluding hydrogens is 296 g/mol. The normalized spacial score (nSPS) is 21.9. The van der Waals surface area contributed by atoms with E-state index in [1.54, 1.807) is 6.08 Å². The van der Waals surface area contributed by atoms with Gasteiger partial charge in [0.05, 0.1) is 11.6 Å². The van der Waals surface area contributed by atoms with E-state index in [1.165, 1.54) is 16.9 Å². The zero-order valence-corrected chi connectivity index (χ0v) is 13.6. The van der Waals surface area contributed by atoms with Gasteiger partial charge in [-0.15, -0.1) is 0 Å². The molecule has 0 bridgehead atoms. The molecule has 0 aromatic heterocycles. The molecule has 3 rings (SSSR count). The molecule has 116 valence electrons. The van der Waals surface area contributed by atoms with Crippen LogP contribution in [0.2, 0.25) is 0 Å². The Hall–Kier alpha value is -1.59. The van der Waals surface area contributed by atoms with Crippen molar-refractivity contribution >= 4 is 29.0 Å². The third kappa shape index (κ3) is 3.42. The first-order chi connectivity index (χ1) is 10.6. The lowest BCUT2D eigenvalue weighted by atomic mass is 10.1. The number of hydrogen-bond donors (Lipinski definition) is 0. The van der Waals surface area contributed by atoms with Crippen LogP contribution in [0.5, 0.6) is 0 Å². The van der Waals surface area contributed by atoms with E-state index in [1.807, 2.05) is 31.2 Å².